The van der Waals surface area contributed by atoms with Crippen LogP contribution < -0.4 is 0 Å². The molecular weight excluding hydrogens is 298 g/mol. The molecule has 0 saturated heterocycles. The third-order valence-electron chi connectivity index (χ3n) is 4.25. The fraction of sp³-hybridized carbons (Fsp3) is 0.471. The van der Waals surface area contributed by atoms with Gasteiger partial charge in [-0.25, -0.2) is 4.79 Å². The molecule has 2 unspecified atom stereocenters. The van der Waals surface area contributed by atoms with Crippen LogP contribution >= 0.6 is 11.3 Å². The van der Waals surface area contributed by atoms with Crippen molar-refractivity contribution in [2.75, 3.05) is 6.61 Å². The lowest BCUT2D eigenvalue weighted by molar-refractivity contribution is -0.139. The highest BCUT2D eigenvalue weighted by Gasteiger charge is 2.44. The summed E-state index contributed by atoms with van der Waals surface area (Å²) < 4.78 is 5.22. The first-order valence-electron chi connectivity index (χ1n) is 7.65. The second-order valence-corrected chi connectivity index (χ2v) is 6.59. The van der Waals surface area contributed by atoms with Crippen LogP contribution in [-0.2, 0) is 14.3 Å². The van der Waals surface area contributed by atoms with Gasteiger partial charge in [0.05, 0.1) is 18.1 Å². The van der Waals surface area contributed by atoms with Crippen molar-refractivity contribution in [1.82, 2.24) is 0 Å². The molecule has 0 N–H and O–H groups in total. The zero-order valence-electron chi connectivity index (χ0n) is 12.8. The van der Waals surface area contributed by atoms with E-state index in [9.17, 15) is 9.59 Å². The van der Waals surface area contributed by atoms with E-state index in [-0.39, 0.29) is 23.6 Å². The zero-order chi connectivity index (χ0) is 15.7. The minimum Gasteiger partial charge on any atom is -0.463 e. The van der Waals surface area contributed by atoms with Crippen molar-refractivity contribution < 1.29 is 14.3 Å². The third-order valence-corrected chi connectivity index (χ3v) is 5.21. The Bertz CT molecular complexity index is 657. The summed E-state index contributed by atoms with van der Waals surface area (Å²) in [5.74, 6) is -0.688. The van der Waals surface area contributed by atoms with Gasteiger partial charge in [0.25, 0.3) is 0 Å². The number of hydrogen-bond acceptors (Lipinski definition) is 5. The van der Waals surface area contributed by atoms with E-state index in [1.54, 1.807) is 18.3 Å². The van der Waals surface area contributed by atoms with Gasteiger partial charge in [-0.2, -0.15) is 0 Å². The first-order valence-corrected chi connectivity index (χ1v) is 8.53. The summed E-state index contributed by atoms with van der Waals surface area (Å²) in [5, 5.41) is 1.98. The zero-order valence-corrected chi connectivity index (χ0v) is 13.6. The summed E-state index contributed by atoms with van der Waals surface area (Å²) >= 11 is 1.58. The summed E-state index contributed by atoms with van der Waals surface area (Å²) in [7, 11) is 0. The van der Waals surface area contributed by atoms with Gasteiger partial charge in [-0.15, -0.1) is 11.3 Å². The van der Waals surface area contributed by atoms with Crippen molar-refractivity contribution >= 4 is 28.8 Å². The highest BCUT2D eigenvalue weighted by atomic mass is 32.1. The average Bonchev–Trinajstić information content (AvgIpc) is 3.00. The van der Waals surface area contributed by atoms with Gasteiger partial charge in [0.15, 0.2) is 0 Å². The molecule has 0 spiro atoms. The Labute approximate surface area is 133 Å². The molecule has 2 atom stereocenters. The predicted octanol–water partition coefficient (Wildman–Crippen LogP) is 3.49. The summed E-state index contributed by atoms with van der Waals surface area (Å²) in [6, 6.07) is 3.95. The highest BCUT2D eigenvalue weighted by molar-refractivity contribution is 7.10. The Morgan fingerprint density at radius 1 is 1.41 bits per heavy atom. The van der Waals surface area contributed by atoms with Gasteiger partial charge < -0.3 is 4.74 Å². The molecule has 0 aromatic carbocycles. The monoisotopic (exact) mass is 317 g/mol. The van der Waals surface area contributed by atoms with E-state index in [2.05, 4.69) is 4.99 Å². The Balaban J connectivity index is 2.12. The van der Waals surface area contributed by atoms with Crippen molar-refractivity contribution in [3.8, 4) is 0 Å². The molecule has 1 fully saturated rings. The molecule has 0 amide bonds. The van der Waals surface area contributed by atoms with E-state index in [0.29, 0.717) is 24.3 Å². The number of ketones is 1. The van der Waals surface area contributed by atoms with Crippen LogP contribution in [0.15, 0.2) is 33.8 Å². The summed E-state index contributed by atoms with van der Waals surface area (Å²) in [6.45, 7) is 3.95. The maximum atomic E-state index is 12.5. The molecule has 22 heavy (non-hydrogen) atoms. The van der Waals surface area contributed by atoms with E-state index in [0.717, 1.165) is 23.4 Å². The number of thiophene rings is 1. The molecule has 1 aromatic rings. The summed E-state index contributed by atoms with van der Waals surface area (Å²) in [4.78, 5) is 30.6. The predicted molar refractivity (Wildman–Crippen MR) is 86.2 cm³/mol. The molecule has 1 aliphatic heterocycles. The van der Waals surface area contributed by atoms with Crippen molar-refractivity contribution in [1.29, 1.82) is 0 Å². The maximum absolute atomic E-state index is 12.5. The lowest BCUT2D eigenvalue weighted by Gasteiger charge is -2.34. The van der Waals surface area contributed by atoms with Gasteiger partial charge in [0, 0.05) is 28.6 Å². The molecule has 1 aromatic heterocycles. The second-order valence-electron chi connectivity index (χ2n) is 5.61. The molecule has 5 heteroatoms. The van der Waals surface area contributed by atoms with Gasteiger partial charge in [-0.05, 0) is 38.1 Å². The van der Waals surface area contributed by atoms with Crippen molar-refractivity contribution in [3.05, 3.63) is 33.7 Å². The Hall–Kier alpha value is -1.75. The number of aliphatic imine (C=N–C) groups is 1. The molecular formula is C17H19NO3S. The quantitative estimate of drug-likeness (QED) is 0.802. The highest BCUT2D eigenvalue weighted by Crippen LogP contribution is 2.44. The molecule has 4 nitrogen and oxygen atoms in total. The van der Waals surface area contributed by atoms with E-state index in [1.807, 2.05) is 24.4 Å². The number of ether oxygens (including phenoxy) is 1. The van der Waals surface area contributed by atoms with E-state index in [1.165, 1.54) is 0 Å². The number of rotatable bonds is 3. The Kier molecular flexibility index (Phi) is 4.25. The van der Waals surface area contributed by atoms with E-state index < -0.39 is 0 Å². The van der Waals surface area contributed by atoms with Gasteiger partial charge in [-0.1, -0.05) is 6.07 Å². The van der Waals surface area contributed by atoms with Crippen LogP contribution in [0.1, 0.15) is 43.9 Å². The van der Waals surface area contributed by atoms with Gasteiger partial charge >= 0.3 is 5.97 Å². The largest absolute Gasteiger partial charge is 0.463 e. The molecule has 1 aliphatic carbocycles. The number of esters is 1. The second kappa shape index (κ2) is 6.16. The topological polar surface area (TPSA) is 55.7 Å². The molecule has 2 heterocycles. The first-order chi connectivity index (χ1) is 10.6. The number of Topliss-reactive ketones (excluding diaryl/α,β-unsaturated/α-hetero) is 1. The van der Waals surface area contributed by atoms with E-state index >= 15 is 0 Å². The fourth-order valence-corrected chi connectivity index (χ4v) is 4.24. The molecule has 1 saturated carbocycles. The molecule has 0 bridgehead atoms. The average molecular weight is 317 g/mol. The fourth-order valence-electron chi connectivity index (χ4n) is 3.37. The van der Waals surface area contributed by atoms with Gasteiger partial charge in [0.1, 0.15) is 5.78 Å². The van der Waals surface area contributed by atoms with E-state index in [4.69, 9.17) is 4.74 Å². The molecule has 116 valence electrons. The SMILES string of the molecule is CCOC(=O)C1=C(C)N=C2CCCC(=O)C2C1c1cccs1. The standard InChI is InChI=1S/C17H19NO3S/c1-3-21-17(20)14-10(2)18-11-6-4-7-12(19)15(11)16(14)13-8-5-9-22-13/h5,8-9,15-16H,3-4,6-7H2,1-2H3. The molecule has 0 radical (unpaired) electrons. The first kappa shape index (κ1) is 15.2. The molecule has 3 rings (SSSR count). The van der Waals surface area contributed by atoms with Crippen molar-refractivity contribution in [2.24, 2.45) is 10.9 Å². The molecule has 2 aliphatic rings. The van der Waals surface area contributed by atoms with Crippen molar-refractivity contribution in [3.63, 3.8) is 0 Å². The lowest BCUT2D eigenvalue weighted by atomic mass is 9.71. The minimum atomic E-state index is -0.348. The van der Waals surface area contributed by atoms with Crippen LogP contribution in [0.5, 0.6) is 0 Å². The number of carbonyl (C=O) groups is 2. The van der Waals surface area contributed by atoms with Crippen LogP contribution in [0.2, 0.25) is 0 Å². The number of allylic oxidation sites excluding steroid dienone is 1. The summed E-state index contributed by atoms with van der Waals surface area (Å²) in [6.07, 6.45) is 2.26. The number of hydrogen-bond donors (Lipinski definition) is 0. The van der Waals surface area contributed by atoms with Crippen LogP contribution in [0.4, 0.5) is 0 Å². The van der Waals surface area contributed by atoms with Gasteiger partial charge in [-0.3, -0.25) is 9.79 Å². The van der Waals surface area contributed by atoms with Gasteiger partial charge in [0.2, 0.25) is 0 Å². The smallest absolute Gasteiger partial charge is 0.336 e. The van der Waals surface area contributed by atoms with Crippen LogP contribution in [-0.4, -0.2) is 24.1 Å². The Morgan fingerprint density at radius 3 is 2.91 bits per heavy atom. The lowest BCUT2D eigenvalue weighted by Crippen LogP contribution is -2.38. The Morgan fingerprint density at radius 2 is 2.23 bits per heavy atom. The van der Waals surface area contributed by atoms with Crippen LogP contribution in [0.25, 0.3) is 0 Å². The third kappa shape index (κ3) is 2.54. The number of nitrogens with zero attached hydrogens (tertiary/aromatic N) is 1. The summed E-state index contributed by atoms with van der Waals surface area (Å²) in [5.41, 5.74) is 2.17. The normalized spacial score (nSPS) is 24.8. The maximum Gasteiger partial charge on any atom is 0.336 e. The minimum absolute atomic E-state index is 0.192. The van der Waals surface area contributed by atoms with Crippen molar-refractivity contribution in [2.45, 2.75) is 39.0 Å². The number of carbonyl (C=O) groups excluding carboxylic acids is 2. The van der Waals surface area contributed by atoms with Crippen LogP contribution in [0, 0.1) is 5.92 Å². The van der Waals surface area contributed by atoms with Crippen LogP contribution in [0.3, 0.4) is 0 Å². The number of fused-ring (bicyclic) bond motifs is 1.